The van der Waals surface area contributed by atoms with Gasteiger partial charge in [0.1, 0.15) is 12.4 Å². The van der Waals surface area contributed by atoms with Crippen LogP contribution in [-0.4, -0.2) is 11.2 Å². The van der Waals surface area contributed by atoms with Gasteiger partial charge in [-0.3, -0.25) is 4.79 Å². The molecule has 0 aliphatic carbocycles. The van der Waals surface area contributed by atoms with E-state index in [0.717, 1.165) is 28.1 Å². The van der Waals surface area contributed by atoms with Crippen LogP contribution in [0, 0.1) is 26.2 Å². The third-order valence-electron chi connectivity index (χ3n) is 3.29. The van der Waals surface area contributed by atoms with Crippen molar-refractivity contribution in [2.45, 2.75) is 13.8 Å². The normalized spacial score (nSPS) is 10.1. The third-order valence-corrected chi connectivity index (χ3v) is 3.29. The Hall–Kier alpha value is -2.47. The van der Waals surface area contributed by atoms with E-state index in [9.17, 15) is 4.79 Å². The first-order chi connectivity index (χ1) is 9.54. The SMILES string of the molecule is C#CCOc1ccc(-c2ccc(C)c(=O)n2C)c(C)c1. The number of benzene rings is 1. The molecule has 0 saturated heterocycles. The highest BCUT2D eigenvalue weighted by molar-refractivity contribution is 5.65. The lowest BCUT2D eigenvalue weighted by molar-refractivity contribution is 0.370. The minimum absolute atomic E-state index is 0.0227. The van der Waals surface area contributed by atoms with E-state index in [2.05, 4.69) is 5.92 Å². The summed E-state index contributed by atoms with van der Waals surface area (Å²) in [7, 11) is 1.78. The van der Waals surface area contributed by atoms with Crippen LogP contribution in [0.4, 0.5) is 0 Å². The Morgan fingerprint density at radius 2 is 1.95 bits per heavy atom. The predicted octanol–water partition coefficient (Wildman–Crippen LogP) is 2.68. The van der Waals surface area contributed by atoms with Crippen molar-refractivity contribution < 1.29 is 4.74 Å². The molecule has 0 fully saturated rings. The summed E-state index contributed by atoms with van der Waals surface area (Å²) in [5, 5.41) is 0. The van der Waals surface area contributed by atoms with E-state index in [0.29, 0.717) is 0 Å². The van der Waals surface area contributed by atoms with Crippen molar-refractivity contribution in [2.24, 2.45) is 7.05 Å². The molecule has 1 heterocycles. The largest absolute Gasteiger partial charge is 0.481 e. The molecule has 0 N–H and O–H groups in total. The van der Waals surface area contributed by atoms with E-state index in [1.54, 1.807) is 11.6 Å². The molecule has 0 amide bonds. The molecule has 0 aliphatic rings. The quantitative estimate of drug-likeness (QED) is 0.801. The fraction of sp³-hybridized carbons (Fsp3) is 0.235. The molecule has 0 spiro atoms. The average molecular weight is 267 g/mol. The van der Waals surface area contributed by atoms with Gasteiger partial charge in [-0.25, -0.2) is 0 Å². The van der Waals surface area contributed by atoms with Crippen molar-refractivity contribution in [2.75, 3.05) is 6.61 Å². The molecular formula is C17H17NO2. The highest BCUT2D eigenvalue weighted by Crippen LogP contribution is 2.26. The first-order valence-corrected chi connectivity index (χ1v) is 6.38. The molecule has 2 aromatic rings. The van der Waals surface area contributed by atoms with Crippen molar-refractivity contribution in [1.82, 2.24) is 4.57 Å². The summed E-state index contributed by atoms with van der Waals surface area (Å²) in [5.41, 5.74) is 3.70. The molecule has 3 heteroatoms. The van der Waals surface area contributed by atoms with Gasteiger partial charge in [0.2, 0.25) is 0 Å². The zero-order valence-corrected chi connectivity index (χ0v) is 11.9. The molecule has 3 nitrogen and oxygen atoms in total. The standard InChI is InChI=1S/C17H17NO2/c1-5-10-20-14-7-8-15(13(3)11-14)16-9-6-12(2)17(19)18(16)4/h1,6-9,11H,10H2,2-4H3. The Bertz CT molecular complexity index is 736. The van der Waals surface area contributed by atoms with E-state index in [1.807, 2.05) is 44.2 Å². The van der Waals surface area contributed by atoms with Crippen LogP contribution in [0.5, 0.6) is 5.75 Å². The number of aromatic nitrogens is 1. The number of hydrogen-bond acceptors (Lipinski definition) is 2. The summed E-state index contributed by atoms with van der Waals surface area (Å²) < 4.78 is 7.06. The Morgan fingerprint density at radius 3 is 2.60 bits per heavy atom. The topological polar surface area (TPSA) is 31.2 Å². The van der Waals surface area contributed by atoms with Gasteiger partial charge in [0.25, 0.3) is 5.56 Å². The van der Waals surface area contributed by atoms with Gasteiger partial charge in [-0.05, 0) is 43.7 Å². The van der Waals surface area contributed by atoms with Gasteiger partial charge in [0.05, 0.1) is 5.69 Å². The second kappa shape index (κ2) is 5.66. The van der Waals surface area contributed by atoms with Gasteiger partial charge in [-0.15, -0.1) is 6.42 Å². The second-order valence-corrected chi connectivity index (χ2v) is 4.74. The van der Waals surface area contributed by atoms with E-state index < -0.39 is 0 Å². The first kappa shape index (κ1) is 14.0. The van der Waals surface area contributed by atoms with Crippen LogP contribution >= 0.6 is 0 Å². The fourth-order valence-corrected chi connectivity index (χ4v) is 2.17. The molecule has 0 atom stereocenters. The van der Waals surface area contributed by atoms with Gasteiger partial charge in [-0.2, -0.15) is 0 Å². The number of rotatable bonds is 3. The van der Waals surface area contributed by atoms with E-state index in [4.69, 9.17) is 11.2 Å². The predicted molar refractivity (Wildman–Crippen MR) is 80.9 cm³/mol. The molecule has 20 heavy (non-hydrogen) atoms. The Balaban J connectivity index is 2.47. The van der Waals surface area contributed by atoms with Gasteiger partial charge in [0, 0.05) is 18.2 Å². The van der Waals surface area contributed by atoms with Crippen LogP contribution in [-0.2, 0) is 7.05 Å². The van der Waals surface area contributed by atoms with Crippen LogP contribution in [0.3, 0.4) is 0 Å². The van der Waals surface area contributed by atoms with Crippen molar-refractivity contribution in [3.8, 4) is 29.4 Å². The molecule has 0 aliphatic heterocycles. The minimum Gasteiger partial charge on any atom is -0.481 e. The number of ether oxygens (including phenoxy) is 1. The van der Waals surface area contributed by atoms with Crippen LogP contribution in [0.2, 0.25) is 0 Å². The summed E-state index contributed by atoms with van der Waals surface area (Å²) in [5.74, 6) is 3.17. The first-order valence-electron chi connectivity index (χ1n) is 6.38. The number of pyridine rings is 1. The zero-order chi connectivity index (χ0) is 14.7. The summed E-state index contributed by atoms with van der Waals surface area (Å²) in [6.07, 6.45) is 5.17. The summed E-state index contributed by atoms with van der Waals surface area (Å²) in [4.78, 5) is 12.0. The maximum Gasteiger partial charge on any atom is 0.253 e. The van der Waals surface area contributed by atoms with Crippen LogP contribution < -0.4 is 10.3 Å². The van der Waals surface area contributed by atoms with Crippen LogP contribution in [0.1, 0.15) is 11.1 Å². The van der Waals surface area contributed by atoms with Crippen LogP contribution in [0.25, 0.3) is 11.3 Å². The molecular weight excluding hydrogens is 250 g/mol. The molecule has 0 saturated carbocycles. The van der Waals surface area contributed by atoms with Gasteiger partial charge < -0.3 is 9.30 Å². The number of aryl methyl sites for hydroxylation is 2. The van der Waals surface area contributed by atoms with Gasteiger partial charge in [0.15, 0.2) is 0 Å². The minimum atomic E-state index is 0.0227. The van der Waals surface area contributed by atoms with Crippen molar-refractivity contribution >= 4 is 0 Å². The molecule has 0 bridgehead atoms. The van der Waals surface area contributed by atoms with Crippen molar-refractivity contribution in [3.63, 3.8) is 0 Å². The van der Waals surface area contributed by atoms with E-state index in [1.165, 1.54) is 0 Å². The average Bonchev–Trinajstić information content (AvgIpc) is 2.44. The fourth-order valence-electron chi connectivity index (χ4n) is 2.17. The third kappa shape index (κ3) is 2.60. The lowest BCUT2D eigenvalue weighted by atomic mass is 10.0. The lowest BCUT2D eigenvalue weighted by Gasteiger charge is -2.13. The Labute approximate surface area is 118 Å². The maximum atomic E-state index is 12.0. The molecule has 0 radical (unpaired) electrons. The van der Waals surface area contributed by atoms with E-state index in [-0.39, 0.29) is 12.2 Å². The molecule has 1 aromatic heterocycles. The Kier molecular flexibility index (Phi) is 3.95. The Morgan fingerprint density at radius 1 is 1.20 bits per heavy atom. The zero-order valence-electron chi connectivity index (χ0n) is 11.9. The molecule has 1 aromatic carbocycles. The van der Waals surface area contributed by atoms with E-state index >= 15 is 0 Å². The lowest BCUT2D eigenvalue weighted by Crippen LogP contribution is -2.20. The number of terminal acetylenes is 1. The highest BCUT2D eigenvalue weighted by atomic mass is 16.5. The van der Waals surface area contributed by atoms with Crippen LogP contribution in [0.15, 0.2) is 35.1 Å². The molecule has 102 valence electrons. The monoisotopic (exact) mass is 267 g/mol. The van der Waals surface area contributed by atoms with Gasteiger partial charge >= 0.3 is 0 Å². The maximum absolute atomic E-state index is 12.0. The second-order valence-electron chi connectivity index (χ2n) is 4.74. The smallest absolute Gasteiger partial charge is 0.253 e. The van der Waals surface area contributed by atoms with Crippen molar-refractivity contribution in [3.05, 3.63) is 51.8 Å². The molecule has 2 rings (SSSR count). The number of hydrogen-bond donors (Lipinski definition) is 0. The van der Waals surface area contributed by atoms with Crippen molar-refractivity contribution in [1.29, 1.82) is 0 Å². The number of nitrogens with zero attached hydrogens (tertiary/aromatic N) is 1. The molecule has 0 unspecified atom stereocenters. The summed E-state index contributed by atoms with van der Waals surface area (Å²) in [6.45, 7) is 4.06. The van der Waals surface area contributed by atoms with Gasteiger partial charge in [-0.1, -0.05) is 12.0 Å². The summed E-state index contributed by atoms with van der Waals surface area (Å²) in [6, 6.07) is 9.55. The highest BCUT2D eigenvalue weighted by Gasteiger charge is 2.08. The summed E-state index contributed by atoms with van der Waals surface area (Å²) >= 11 is 0.